The number of ether oxygens (including phenoxy) is 5. The lowest BCUT2D eigenvalue weighted by molar-refractivity contribution is -0.163. The number of hydrogen-bond donors (Lipinski definition) is 5. The monoisotopic (exact) mass is 679 g/mol. The lowest BCUT2D eigenvalue weighted by Crippen LogP contribution is -2.60. The fraction of sp³-hybridized carbons (Fsp3) is 0.303. The summed E-state index contributed by atoms with van der Waals surface area (Å²) in [7, 11) is 0. The number of carbonyl (C=O) groups excluding carboxylic acids is 4. The molecule has 0 saturated heterocycles. The lowest BCUT2D eigenvalue weighted by atomic mass is 9.92. The zero-order valence-electron chi connectivity index (χ0n) is 26.7. The van der Waals surface area contributed by atoms with E-state index < -0.39 is 60.5 Å². The van der Waals surface area contributed by atoms with E-state index in [4.69, 9.17) is 40.9 Å². The van der Waals surface area contributed by atoms with Crippen LogP contribution in [0.5, 0.6) is 23.0 Å². The maximum absolute atomic E-state index is 12.9. The molecule has 3 unspecified atom stereocenters. The van der Waals surface area contributed by atoms with Crippen LogP contribution < -0.4 is 46.4 Å². The number of fused-ring (bicyclic) bond motifs is 1. The van der Waals surface area contributed by atoms with Crippen molar-refractivity contribution in [1.82, 2.24) is 5.32 Å². The van der Waals surface area contributed by atoms with Crippen molar-refractivity contribution >= 4 is 35.5 Å². The van der Waals surface area contributed by atoms with Gasteiger partial charge >= 0.3 is 23.9 Å². The average Bonchev–Trinajstić information content (AvgIpc) is 3.54. The average molecular weight is 680 g/mol. The van der Waals surface area contributed by atoms with Gasteiger partial charge in [-0.25, -0.2) is 14.4 Å². The molecule has 49 heavy (non-hydrogen) atoms. The molecule has 4 atom stereocenters. The highest BCUT2D eigenvalue weighted by Crippen LogP contribution is 2.33. The number of rotatable bonds is 16. The molecule has 0 radical (unpaired) electrons. The van der Waals surface area contributed by atoms with Crippen LogP contribution in [0.25, 0.3) is 0 Å². The molecule has 3 aromatic rings. The molecule has 3 amide bonds. The third-order valence-corrected chi connectivity index (χ3v) is 7.64. The number of carboxylic acids is 1. The van der Waals surface area contributed by atoms with Crippen molar-refractivity contribution in [2.45, 2.75) is 38.4 Å². The zero-order valence-corrected chi connectivity index (χ0v) is 26.7. The molecule has 0 saturated carbocycles. The Morgan fingerprint density at radius 3 is 2.22 bits per heavy atom. The van der Waals surface area contributed by atoms with Gasteiger partial charge < -0.3 is 46.0 Å². The standard InChI is InChI=1S/C33H37N5O11/c1-18-5-3-4-6-24(18)38(33(36)44)16-46-22-10-8-21(9-11-22)45-15-27(39)49-32(43)28(34)29(19(2)30(35)40)37-23(31(41)42)13-20-7-12-25-26(14-20)48-17-47-25/h3-12,14,19,23,28-29,37H,13,15-17,34H2,1-2H3,(H2,35,40)(H2,36,44)(H,41,42)/t19?,23?,28-,29?/m0/s1. The summed E-state index contributed by atoms with van der Waals surface area (Å²) in [6.45, 7) is 2.38. The molecule has 3 aromatic carbocycles. The van der Waals surface area contributed by atoms with E-state index in [9.17, 15) is 29.1 Å². The number of hydrogen-bond acceptors (Lipinski definition) is 12. The summed E-state index contributed by atoms with van der Waals surface area (Å²) in [5.41, 5.74) is 19.1. The number of urea groups is 1. The van der Waals surface area contributed by atoms with Crippen LogP contribution in [0.1, 0.15) is 18.1 Å². The van der Waals surface area contributed by atoms with Gasteiger partial charge in [0.05, 0.1) is 11.6 Å². The number of aliphatic carboxylic acids is 1. The summed E-state index contributed by atoms with van der Waals surface area (Å²) >= 11 is 0. The van der Waals surface area contributed by atoms with Crippen molar-refractivity contribution in [3.05, 3.63) is 77.9 Å². The normalized spacial score (nSPS) is 14.1. The summed E-state index contributed by atoms with van der Waals surface area (Å²) in [6.07, 6.45) is -0.0809. The molecular formula is C33H37N5O11. The van der Waals surface area contributed by atoms with Crippen molar-refractivity contribution in [2.75, 3.05) is 25.0 Å². The molecule has 260 valence electrons. The Labute approximate surface area is 281 Å². The zero-order chi connectivity index (χ0) is 35.7. The molecule has 0 fully saturated rings. The van der Waals surface area contributed by atoms with Gasteiger partial charge in [0, 0.05) is 6.04 Å². The summed E-state index contributed by atoms with van der Waals surface area (Å²) in [5.74, 6) is -4.09. The molecule has 16 heteroatoms. The van der Waals surface area contributed by atoms with Crippen molar-refractivity contribution < 1.29 is 52.8 Å². The summed E-state index contributed by atoms with van der Waals surface area (Å²) in [5, 5.41) is 12.6. The number of nitrogens with zero attached hydrogens (tertiary/aromatic N) is 1. The van der Waals surface area contributed by atoms with Crippen LogP contribution in [0.3, 0.4) is 0 Å². The number of anilines is 1. The van der Waals surface area contributed by atoms with Crippen molar-refractivity contribution in [1.29, 1.82) is 0 Å². The predicted octanol–water partition coefficient (Wildman–Crippen LogP) is 1.20. The van der Waals surface area contributed by atoms with Crippen molar-refractivity contribution in [3.8, 4) is 23.0 Å². The minimum absolute atomic E-state index is 0.0353. The highest BCUT2D eigenvalue weighted by molar-refractivity contribution is 5.91. The van der Waals surface area contributed by atoms with Gasteiger partial charge in [0.1, 0.15) is 23.6 Å². The third kappa shape index (κ3) is 9.59. The maximum Gasteiger partial charge on any atom is 0.351 e. The fourth-order valence-corrected chi connectivity index (χ4v) is 4.88. The topological polar surface area (TPSA) is 245 Å². The summed E-state index contributed by atoms with van der Waals surface area (Å²) < 4.78 is 26.5. The van der Waals surface area contributed by atoms with E-state index in [1.807, 2.05) is 19.1 Å². The van der Waals surface area contributed by atoms with E-state index >= 15 is 0 Å². The second-order valence-electron chi connectivity index (χ2n) is 11.1. The lowest BCUT2D eigenvalue weighted by Gasteiger charge is -2.30. The third-order valence-electron chi connectivity index (χ3n) is 7.64. The number of benzene rings is 3. The van der Waals surface area contributed by atoms with Crippen LogP contribution in [-0.4, -0.2) is 73.2 Å². The first-order chi connectivity index (χ1) is 23.3. The SMILES string of the molecule is Cc1ccccc1N(COc1ccc(OCC(=O)OC(=O)[C@@H](N)C(NC(Cc2ccc3c(c2)OCO3)C(=O)O)C(C)C(N)=O)cc1)C(N)=O. The molecule has 1 aliphatic rings. The van der Waals surface area contributed by atoms with Gasteiger partial charge in [-0.05, 0) is 66.9 Å². The number of nitrogens with one attached hydrogen (secondary N) is 1. The Balaban J connectivity index is 1.31. The molecule has 16 nitrogen and oxygen atoms in total. The van der Waals surface area contributed by atoms with Crippen molar-refractivity contribution in [3.63, 3.8) is 0 Å². The Kier molecular flexibility index (Phi) is 12.0. The quantitative estimate of drug-likeness (QED) is 0.0812. The summed E-state index contributed by atoms with van der Waals surface area (Å²) in [4.78, 5) is 62.8. The Morgan fingerprint density at radius 2 is 1.59 bits per heavy atom. The second-order valence-corrected chi connectivity index (χ2v) is 11.1. The highest BCUT2D eigenvalue weighted by atomic mass is 16.7. The molecule has 4 rings (SSSR count). The van der Waals surface area contributed by atoms with Crippen LogP contribution in [-0.2, 0) is 30.3 Å². The molecule has 0 aromatic heterocycles. The number of amides is 3. The number of carbonyl (C=O) groups is 5. The molecule has 1 heterocycles. The molecule has 0 aliphatic carbocycles. The van der Waals surface area contributed by atoms with Gasteiger partial charge in [-0.2, -0.15) is 0 Å². The van der Waals surface area contributed by atoms with Gasteiger partial charge in [-0.15, -0.1) is 0 Å². The maximum atomic E-state index is 12.9. The number of para-hydroxylation sites is 1. The van der Waals surface area contributed by atoms with E-state index in [0.717, 1.165) is 5.56 Å². The Hall–Kier alpha value is -5.87. The number of carboxylic acid groups (broad SMARTS) is 1. The minimum atomic E-state index is -1.67. The molecule has 8 N–H and O–H groups in total. The molecule has 1 aliphatic heterocycles. The van der Waals surface area contributed by atoms with Crippen LogP contribution in [0.2, 0.25) is 0 Å². The Bertz CT molecular complexity index is 1680. The van der Waals surface area contributed by atoms with Gasteiger partial charge in [0.2, 0.25) is 12.7 Å². The van der Waals surface area contributed by atoms with Crippen molar-refractivity contribution in [2.24, 2.45) is 23.1 Å². The highest BCUT2D eigenvalue weighted by Gasteiger charge is 2.37. The van der Waals surface area contributed by atoms with E-state index in [2.05, 4.69) is 5.32 Å². The van der Waals surface area contributed by atoms with Crippen LogP contribution in [0.4, 0.5) is 10.5 Å². The van der Waals surface area contributed by atoms with Crippen LogP contribution in [0.15, 0.2) is 66.7 Å². The fourth-order valence-electron chi connectivity index (χ4n) is 4.88. The van der Waals surface area contributed by atoms with Gasteiger partial charge in [0.15, 0.2) is 24.8 Å². The van der Waals surface area contributed by atoms with Gasteiger partial charge in [-0.3, -0.25) is 19.8 Å². The predicted molar refractivity (Wildman–Crippen MR) is 173 cm³/mol. The van der Waals surface area contributed by atoms with E-state index in [-0.39, 0.29) is 25.7 Å². The van der Waals surface area contributed by atoms with Crippen LogP contribution >= 0.6 is 0 Å². The first-order valence-electron chi connectivity index (χ1n) is 15.0. The largest absolute Gasteiger partial charge is 0.482 e. The van der Waals surface area contributed by atoms with E-state index in [1.54, 1.807) is 30.3 Å². The van der Waals surface area contributed by atoms with Crippen LogP contribution in [0, 0.1) is 12.8 Å². The number of esters is 2. The first kappa shape index (κ1) is 36.0. The molecule has 0 bridgehead atoms. The first-order valence-corrected chi connectivity index (χ1v) is 15.0. The molecule has 0 spiro atoms. The minimum Gasteiger partial charge on any atom is -0.482 e. The second kappa shape index (κ2) is 16.3. The van der Waals surface area contributed by atoms with E-state index in [1.165, 1.54) is 36.1 Å². The number of aryl methyl sites for hydroxylation is 1. The van der Waals surface area contributed by atoms with Gasteiger partial charge in [0.25, 0.3) is 0 Å². The summed E-state index contributed by atoms with van der Waals surface area (Å²) in [6, 6.07) is 13.1. The number of primary amides is 2. The number of nitrogens with two attached hydrogens (primary N) is 3. The molecular weight excluding hydrogens is 642 g/mol. The van der Waals surface area contributed by atoms with E-state index in [0.29, 0.717) is 28.5 Å². The smallest absolute Gasteiger partial charge is 0.351 e. The Morgan fingerprint density at radius 1 is 0.939 bits per heavy atom. The van der Waals surface area contributed by atoms with Gasteiger partial charge in [-0.1, -0.05) is 31.2 Å².